The lowest BCUT2D eigenvalue weighted by molar-refractivity contribution is -0.118. The van der Waals surface area contributed by atoms with Gasteiger partial charge in [-0.3, -0.25) is 4.79 Å². The summed E-state index contributed by atoms with van der Waals surface area (Å²) in [6, 6.07) is 14.7. The highest BCUT2D eigenvalue weighted by Crippen LogP contribution is 2.18. The lowest BCUT2D eigenvalue weighted by atomic mass is 10.1. The van der Waals surface area contributed by atoms with Crippen molar-refractivity contribution in [1.29, 1.82) is 0 Å². The molecule has 5 heteroatoms. The van der Waals surface area contributed by atoms with Crippen LogP contribution in [-0.4, -0.2) is 12.5 Å². The monoisotopic (exact) mass is 348 g/mol. The summed E-state index contributed by atoms with van der Waals surface area (Å²) in [7, 11) is 0. The van der Waals surface area contributed by atoms with Crippen LogP contribution in [-0.2, 0) is 4.79 Å². The molecule has 3 N–H and O–H groups in total. The highest BCUT2D eigenvalue weighted by molar-refractivity contribution is 9.10. The first kappa shape index (κ1) is 15.5. The summed E-state index contributed by atoms with van der Waals surface area (Å²) >= 11 is 3.34. The molecule has 1 atom stereocenters. The van der Waals surface area contributed by atoms with Crippen molar-refractivity contribution in [2.45, 2.75) is 13.0 Å². The van der Waals surface area contributed by atoms with E-state index >= 15 is 0 Å². The van der Waals surface area contributed by atoms with Gasteiger partial charge in [-0.1, -0.05) is 28.1 Å². The summed E-state index contributed by atoms with van der Waals surface area (Å²) in [5.41, 5.74) is 7.52. The van der Waals surface area contributed by atoms with Gasteiger partial charge in [0.15, 0.2) is 6.61 Å². The molecule has 4 nitrogen and oxygen atoms in total. The van der Waals surface area contributed by atoms with E-state index in [1.165, 1.54) is 0 Å². The zero-order valence-corrected chi connectivity index (χ0v) is 13.3. The standard InChI is InChI=1S/C16H17BrN2O2/c1-11(18)12-3-2-4-15(9-12)21-10-16(20)19-14-7-5-13(17)6-8-14/h2-9,11H,10,18H2,1H3,(H,19,20)/t11-/m1/s1. The summed E-state index contributed by atoms with van der Waals surface area (Å²) in [5, 5.41) is 2.77. The van der Waals surface area contributed by atoms with Crippen LogP contribution in [0.1, 0.15) is 18.5 Å². The second kappa shape index (κ2) is 7.24. The molecule has 2 aromatic rings. The number of anilines is 1. The Kier molecular flexibility index (Phi) is 5.36. The Bertz CT molecular complexity index is 612. The molecule has 0 aliphatic carbocycles. The number of halogens is 1. The van der Waals surface area contributed by atoms with Gasteiger partial charge in [0.2, 0.25) is 0 Å². The van der Waals surface area contributed by atoms with E-state index in [9.17, 15) is 4.79 Å². The fourth-order valence-electron chi connectivity index (χ4n) is 1.77. The Hall–Kier alpha value is -1.85. The molecule has 110 valence electrons. The zero-order valence-electron chi connectivity index (χ0n) is 11.7. The van der Waals surface area contributed by atoms with Crippen molar-refractivity contribution in [2.24, 2.45) is 5.73 Å². The van der Waals surface area contributed by atoms with Crippen molar-refractivity contribution in [3.05, 3.63) is 58.6 Å². The Morgan fingerprint density at radius 2 is 2.00 bits per heavy atom. The Morgan fingerprint density at radius 1 is 1.29 bits per heavy atom. The molecule has 0 aromatic heterocycles. The smallest absolute Gasteiger partial charge is 0.262 e. The van der Waals surface area contributed by atoms with Gasteiger partial charge in [-0.25, -0.2) is 0 Å². The van der Waals surface area contributed by atoms with Crippen LogP contribution in [0.5, 0.6) is 5.75 Å². The molecule has 0 saturated carbocycles. The lowest BCUT2D eigenvalue weighted by Crippen LogP contribution is -2.20. The predicted octanol–water partition coefficient (Wildman–Crippen LogP) is 3.49. The summed E-state index contributed by atoms with van der Waals surface area (Å²) in [6.45, 7) is 1.86. The van der Waals surface area contributed by atoms with Crippen LogP contribution in [0.25, 0.3) is 0 Å². The second-order valence-corrected chi connectivity index (χ2v) is 5.62. The lowest BCUT2D eigenvalue weighted by Gasteiger charge is -2.10. The first-order valence-electron chi connectivity index (χ1n) is 6.58. The molecule has 0 radical (unpaired) electrons. The van der Waals surface area contributed by atoms with Crippen molar-refractivity contribution in [3.8, 4) is 5.75 Å². The van der Waals surface area contributed by atoms with Crippen molar-refractivity contribution in [2.75, 3.05) is 11.9 Å². The normalized spacial score (nSPS) is 11.8. The second-order valence-electron chi connectivity index (χ2n) is 4.70. The van der Waals surface area contributed by atoms with E-state index in [0.717, 1.165) is 15.7 Å². The number of nitrogens with one attached hydrogen (secondary N) is 1. The number of benzene rings is 2. The minimum absolute atomic E-state index is 0.0432. The molecular weight excluding hydrogens is 332 g/mol. The van der Waals surface area contributed by atoms with E-state index < -0.39 is 0 Å². The molecule has 2 aromatic carbocycles. The molecule has 0 spiro atoms. The number of hydrogen-bond acceptors (Lipinski definition) is 3. The molecule has 21 heavy (non-hydrogen) atoms. The van der Waals surface area contributed by atoms with Gasteiger partial charge < -0.3 is 15.8 Å². The molecule has 0 aliphatic heterocycles. The summed E-state index contributed by atoms with van der Waals surface area (Å²) in [6.07, 6.45) is 0. The quantitative estimate of drug-likeness (QED) is 0.869. The molecule has 0 bridgehead atoms. The molecule has 0 saturated heterocycles. The van der Waals surface area contributed by atoms with Crippen LogP contribution >= 0.6 is 15.9 Å². The summed E-state index contributed by atoms with van der Waals surface area (Å²) < 4.78 is 6.44. The molecule has 0 fully saturated rings. The fourth-order valence-corrected chi connectivity index (χ4v) is 2.03. The highest BCUT2D eigenvalue weighted by atomic mass is 79.9. The van der Waals surface area contributed by atoms with Gasteiger partial charge >= 0.3 is 0 Å². The number of nitrogens with two attached hydrogens (primary N) is 1. The minimum Gasteiger partial charge on any atom is -0.484 e. The third kappa shape index (κ3) is 4.88. The maximum atomic E-state index is 11.8. The van der Waals surface area contributed by atoms with Gasteiger partial charge in [-0.05, 0) is 48.9 Å². The van der Waals surface area contributed by atoms with Crippen molar-refractivity contribution in [3.63, 3.8) is 0 Å². The Balaban J connectivity index is 1.89. The average Bonchev–Trinajstić information content (AvgIpc) is 2.48. The number of rotatable bonds is 5. The van der Waals surface area contributed by atoms with Crippen molar-refractivity contribution >= 4 is 27.5 Å². The van der Waals surface area contributed by atoms with E-state index in [-0.39, 0.29) is 18.6 Å². The van der Waals surface area contributed by atoms with Gasteiger partial charge in [0.05, 0.1) is 0 Å². The third-order valence-corrected chi connectivity index (χ3v) is 3.41. The van der Waals surface area contributed by atoms with Crippen LogP contribution in [0.4, 0.5) is 5.69 Å². The van der Waals surface area contributed by atoms with E-state index in [4.69, 9.17) is 10.5 Å². The molecule has 0 aliphatic rings. The van der Waals surface area contributed by atoms with Gasteiger partial charge in [-0.15, -0.1) is 0 Å². The van der Waals surface area contributed by atoms with E-state index in [2.05, 4.69) is 21.2 Å². The van der Waals surface area contributed by atoms with E-state index in [0.29, 0.717) is 5.75 Å². The van der Waals surface area contributed by atoms with Crippen LogP contribution < -0.4 is 15.8 Å². The first-order chi connectivity index (χ1) is 10.0. The fraction of sp³-hybridized carbons (Fsp3) is 0.188. The predicted molar refractivity (Wildman–Crippen MR) is 87.3 cm³/mol. The molecule has 2 rings (SSSR count). The maximum Gasteiger partial charge on any atom is 0.262 e. The number of amides is 1. The van der Waals surface area contributed by atoms with Crippen LogP contribution in [0, 0.1) is 0 Å². The van der Waals surface area contributed by atoms with E-state index in [1.807, 2.05) is 49.4 Å². The number of hydrogen-bond donors (Lipinski definition) is 2. The van der Waals surface area contributed by atoms with Crippen LogP contribution in [0.15, 0.2) is 53.0 Å². The van der Waals surface area contributed by atoms with Crippen molar-refractivity contribution in [1.82, 2.24) is 0 Å². The van der Waals surface area contributed by atoms with Gasteiger partial charge in [-0.2, -0.15) is 0 Å². The van der Waals surface area contributed by atoms with Crippen molar-refractivity contribution < 1.29 is 9.53 Å². The molecule has 1 amide bonds. The first-order valence-corrected chi connectivity index (χ1v) is 7.37. The SMILES string of the molecule is C[C@@H](N)c1cccc(OCC(=O)Nc2ccc(Br)cc2)c1. The maximum absolute atomic E-state index is 11.8. The molecule has 0 heterocycles. The largest absolute Gasteiger partial charge is 0.484 e. The average molecular weight is 349 g/mol. The molecule has 0 unspecified atom stereocenters. The zero-order chi connectivity index (χ0) is 15.2. The van der Waals surface area contributed by atoms with E-state index in [1.54, 1.807) is 6.07 Å². The topological polar surface area (TPSA) is 64.3 Å². The number of carbonyl (C=O) groups excluding carboxylic acids is 1. The highest BCUT2D eigenvalue weighted by Gasteiger charge is 2.05. The number of ether oxygens (including phenoxy) is 1. The Labute approximate surface area is 132 Å². The summed E-state index contributed by atoms with van der Waals surface area (Å²) in [4.78, 5) is 11.8. The van der Waals surface area contributed by atoms with Gasteiger partial charge in [0, 0.05) is 16.2 Å². The minimum atomic E-state index is -0.205. The number of carbonyl (C=O) groups is 1. The van der Waals surface area contributed by atoms with Gasteiger partial charge in [0.25, 0.3) is 5.91 Å². The third-order valence-electron chi connectivity index (χ3n) is 2.88. The van der Waals surface area contributed by atoms with Crippen LogP contribution in [0.2, 0.25) is 0 Å². The summed E-state index contributed by atoms with van der Waals surface area (Å²) in [5.74, 6) is 0.430. The molecular formula is C16H17BrN2O2. The van der Waals surface area contributed by atoms with Gasteiger partial charge in [0.1, 0.15) is 5.75 Å². The van der Waals surface area contributed by atoms with Crippen LogP contribution in [0.3, 0.4) is 0 Å². The Morgan fingerprint density at radius 3 is 2.67 bits per heavy atom.